The Hall–Kier alpha value is -3.48. The molecule has 0 aliphatic carbocycles. The lowest BCUT2D eigenvalue weighted by molar-refractivity contribution is -0.131. The Labute approximate surface area is 181 Å². The van der Waals surface area contributed by atoms with E-state index in [1.54, 1.807) is 6.92 Å². The van der Waals surface area contributed by atoms with Gasteiger partial charge in [-0.25, -0.2) is 4.79 Å². The van der Waals surface area contributed by atoms with E-state index >= 15 is 0 Å². The minimum absolute atomic E-state index is 0.0752. The molecule has 0 radical (unpaired) electrons. The fourth-order valence-electron chi connectivity index (χ4n) is 3.79. The van der Waals surface area contributed by atoms with Crippen molar-refractivity contribution >= 4 is 11.9 Å². The summed E-state index contributed by atoms with van der Waals surface area (Å²) in [6.45, 7) is 5.86. The molecule has 1 aliphatic heterocycles. The second-order valence-corrected chi connectivity index (χ2v) is 7.96. The zero-order chi connectivity index (χ0) is 22.0. The fraction of sp³-hybridized carbons (Fsp3) is 0.333. The SMILES string of the molecule is CCCc1ccc(C2(C)NC(=O)N(Cc3nc(-c4ccc(CC)cc4)no3)C2=O)cc1. The molecule has 1 fully saturated rings. The Morgan fingerprint density at radius 1 is 1.00 bits per heavy atom. The number of amides is 3. The van der Waals surface area contributed by atoms with Crippen LogP contribution in [0, 0.1) is 0 Å². The molecule has 4 rings (SSSR count). The van der Waals surface area contributed by atoms with E-state index in [4.69, 9.17) is 4.52 Å². The van der Waals surface area contributed by atoms with Crippen LogP contribution in [0.1, 0.15) is 49.8 Å². The van der Waals surface area contributed by atoms with E-state index in [1.165, 1.54) is 11.1 Å². The van der Waals surface area contributed by atoms with Crippen LogP contribution in [-0.2, 0) is 29.7 Å². The van der Waals surface area contributed by atoms with Crippen LogP contribution in [0.3, 0.4) is 0 Å². The van der Waals surface area contributed by atoms with Crippen LogP contribution in [0.25, 0.3) is 11.4 Å². The molecule has 31 heavy (non-hydrogen) atoms. The normalized spacial score (nSPS) is 18.5. The molecule has 3 aromatic rings. The topological polar surface area (TPSA) is 88.3 Å². The third-order valence-corrected chi connectivity index (χ3v) is 5.73. The van der Waals surface area contributed by atoms with Gasteiger partial charge in [0.2, 0.25) is 11.7 Å². The number of nitrogens with zero attached hydrogens (tertiary/aromatic N) is 3. The summed E-state index contributed by atoms with van der Waals surface area (Å²) in [6, 6.07) is 15.2. The van der Waals surface area contributed by atoms with Gasteiger partial charge in [-0.15, -0.1) is 0 Å². The molecule has 1 atom stereocenters. The lowest BCUT2D eigenvalue weighted by atomic mass is 9.91. The standard InChI is InChI=1S/C24H26N4O3/c1-4-6-17-9-13-19(14-10-17)24(3)22(29)28(23(30)26-24)15-20-25-21(27-31-20)18-11-7-16(5-2)8-12-18/h7-14H,4-6,15H2,1-3H3,(H,26,30). The van der Waals surface area contributed by atoms with Gasteiger partial charge in [-0.1, -0.05) is 74.0 Å². The molecule has 7 nitrogen and oxygen atoms in total. The van der Waals surface area contributed by atoms with Gasteiger partial charge in [0.05, 0.1) is 0 Å². The van der Waals surface area contributed by atoms with Gasteiger partial charge >= 0.3 is 6.03 Å². The van der Waals surface area contributed by atoms with Crippen molar-refractivity contribution in [3.8, 4) is 11.4 Å². The molecule has 1 saturated heterocycles. The van der Waals surface area contributed by atoms with E-state index in [0.717, 1.165) is 35.3 Å². The summed E-state index contributed by atoms with van der Waals surface area (Å²) in [6.07, 6.45) is 2.98. The second-order valence-electron chi connectivity index (χ2n) is 7.96. The number of hydrogen-bond donors (Lipinski definition) is 1. The number of rotatable bonds is 7. The molecule has 0 bridgehead atoms. The lowest BCUT2D eigenvalue weighted by Crippen LogP contribution is -2.40. The number of benzene rings is 2. The zero-order valence-corrected chi connectivity index (χ0v) is 18.0. The van der Waals surface area contributed by atoms with E-state index < -0.39 is 11.6 Å². The molecule has 160 valence electrons. The van der Waals surface area contributed by atoms with Gasteiger partial charge < -0.3 is 9.84 Å². The van der Waals surface area contributed by atoms with Gasteiger partial charge in [0.15, 0.2) is 0 Å². The van der Waals surface area contributed by atoms with Crippen LogP contribution in [0.2, 0.25) is 0 Å². The molecule has 1 aliphatic rings. The first kappa shape index (κ1) is 20.8. The van der Waals surface area contributed by atoms with Crippen molar-refractivity contribution in [3.63, 3.8) is 0 Å². The number of imide groups is 1. The number of aryl methyl sites for hydroxylation is 2. The maximum atomic E-state index is 13.2. The highest BCUT2D eigenvalue weighted by molar-refractivity contribution is 6.07. The smallest absolute Gasteiger partial charge is 0.325 e. The summed E-state index contributed by atoms with van der Waals surface area (Å²) in [4.78, 5) is 31.2. The Morgan fingerprint density at radius 3 is 2.32 bits per heavy atom. The molecule has 1 N–H and O–H groups in total. The minimum atomic E-state index is -1.12. The average molecular weight is 418 g/mol. The van der Waals surface area contributed by atoms with Crippen LogP contribution in [0.15, 0.2) is 53.1 Å². The molecule has 0 spiro atoms. The van der Waals surface area contributed by atoms with Gasteiger partial charge in [0, 0.05) is 5.56 Å². The maximum absolute atomic E-state index is 13.2. The van der Waals surface area contributed by atoms with Gasteiger partial charge in [-0.05, 0) is 36.5 Å². The maximum Gasteiger partial charge on any atom is 0.325 e. The third-order valence-electron chi connectivity index (χ3n) is 5.73. The van der Waals surface area contributed by atoms with E-state index in [2.05, 4.69) is 29.3 Å². The molecule has 1 aromatic heterocycles. The Bertz CT molecular complexity index is 1090. The number of aromatic nitrogens is 2. The minimum Gasteiger partial charge on any atom is -0.337 e. The molecule has 1 unspecified atom stereocenters. The molecular formula is C24H26N4O3. The van der Waals surface area contributed by atoms with Gasteiger partial charge in [-0.3, -0.25) is 9.69 Å². The summed E-state index contributed by atoms with van der Waals surface area (Å²) < 4.78 is 5.32. The van der Waals surface area contributed by atoms with Gasteiger partial charge in [-0.2, -0.15) is 4.98 Å². The first-order valence-electron chi connectivity index (χ1n) is 10.6. The largest absolute Gasteiger partial charge is 0.337 e. The van der Waals surface area contributed by atoms with Crippen LogP contribution in [0.4, 0.5) is 4.79 Å². The van der Waals surface area contributed by atoms with Crippen molar-refractivity contribution in [2.24, 2.45) is 0 Å². The summed E-state index contributed by atoms with van der Waals surface area (Å²) >= 11 is 0. The van der Waals surface area contributed by atoms with Gasteiger partial charge in [0.25, 0.3) is 5.91 Å². The zero-order valence-electron chi connectivity index (χ0n) is 18.0. The number of nitrogens with one attached hydrogen (secondary N) is 1. The average Bonchev–Trinajstić information content (AvgIpc) is 3.34. The molecule has 3 amide bonds. The number of urea groups is 1. The van der Waals surface area contributed by atoms with Crippen LogP contribution in [0.5, 0.6) is 0 Å². The predicted octanol–water partition coefficient (Wildman–Crippen LogP) is 4.22. The van der Waals surface area contributed by atoms with Crippen molar-refractivity contribution in [1.29, 1.82) is 0 Å². The van der Waals surface area contributed by atoms with Crippen LogP contribution >= 0.6 is 0 Å². The van der Waals surface area contributed by atoms with Crippen LogP contribution in [-0.4, -0.2) is 27.0 Å². The Kier molecular flexibility index (Phi) is 5.59. The molecule has 2 aromatic carbocycles. The van der Waals surface area contributed by atoms with Crippen molar-refractivity contribution in [1.82, 2.24) is 20.4 Å². The Balaban J connectivity index is 1.51. The van der Waals surface area contributed by atoms with Crippen LogP contribution < -0.4 is 5.32 Å². The fourth-order valence-corrected chi connectivity index (χ4v) is 3.79. The quantitative estimate of drug-likeness (QED) is 0.581. The van der Waals surface area contributed by atoms with E-state index in [-0.39, 0.29) is 18.3 Å². The molecule has 0 saturated carbocycles. The van der Waals surface area contributed by atoms with Crippen molar-refractivity contribution in [2.45, 2.75) is 52.1 Å². The van der Waals surface area contributed by atoms with Crippen molar-refractivity contribution in [3.05, 3.63) is 71.1 Å². The number of hydrogen-bond acceptors (Lipinski definition) is 5. The van der Waals surface area contributed by atoms with E-state index in [1.807, 2.05) is 48.5 Å². The number of carbonyl (C=O) groups is 2. The highest BCUT2D eigenvalue weighted by Gasteiger charge is 2.49. The summed E-state index contributed by atoms with van der Waals surface area (Å²) in [5.41, 5.74) is 2.86. The van der Waals surface area contributed by atoms with Crippen molar-refractivity contribution in [2.75, 3.05) is 0 Å². The van der Waals surface area contributed by atoms with E-state index in [0.29, 0.717) is 5.82 Å². The molecule has 2 heterocycles. The lowest BCUT2D eigenvalue weighted by Gasteiger charge is -2.22. The highest BCUT2D eigenvalue weighted by Crippen LogP contribution is 2.30. The monoisotopic (exact) mass is 418 g/mol. The Morgan fingerprint density at radius 2 is 1.68 bits per heavy atom. The predicted molar refractivity (Wildman–Crippen MR) is 116 cm³/mol. The molecule has 7 heteroatoms. The van der Waals surface area contributed by atoms with E-state index in [9.17, 15) is 9.59 Å². The third kappa shape index (κ3) is 3.95. The first-order chi connectivity index (χ1) is 14.9. The highest BCUT2D eigenvalue weighted by atomic mass is 16.5. The van der Waals surface area contributed by atoms with Gasteiger partial charge in [0.1, 0.15) is 12.1 Å². The first-order valence-corrected chi connectivity index (χ1v) is 10.6. The second kappa shape index (κ2) is 8.34. The van der Waals surface area contributed by atoms with Crippen molar-refractivity contribution < 1.29 is 14.1 Å². The number of carbonyl (C=O) groups excluding carboxylic acids is 2. The summed E-state index contributed by atoms with van der Waals surface area (Å²) in [5.74, 6) is 0.299. The summed E-state index contributed by atoms with van der Waals surface area (Å²) in [5, 5.41) is 6.82. The summed E-state index contributed by atoms with van der Waals surface area (Å²) in [7, 11) is 0. The molecular weight excluding hydrogens is 392 g/mol.